The lowest BCUT2D eigenvalue weighted by Gasteiger charge is -2.49. The van der Waals surface area contributed by atoms with Gasteiger partial charge in [0.15, 0.2) is 9.84 Å². The van der Waals surface area contributed by atoms with Gasteiger partial charge in [0.05, 0.1) is 10.6 Å². The van der Waals surface area contributed by atoms with Crippen LogP contribution in [0, 0.1) is 10.8 Å². The van der Waals surface area contributed by atoms with Crippen LogP contribution in [0.5, 0.6) is 0 Å². The highest BCUT2D eigenvalue weighted by atomic mass is 32.2. The number of nitrogens with zero attached hydrogens (tertiary/aromatic N) is 3. The molecule has 1 aliphatic carbocycles. The van der Waals surface area contributed by atoms with Gasteiger partial charge in [-0.2, -0.15) is 15.0 Å². The number of fused-ring (bicyclic) bond motifs is 1. The fourth-order valence-corrected chi connectivity index (χ4v) is 7.80. The highest BCUT2D eigenvalue weighted by Crippen LogP contribution is 2.50. The van der Waals surface area contributed by atoms with Crippen molar-refractivity contribution in [3.05, 3.63) is 77.9 Å². The number of benzene rings is 2. The fraction of sp³-hybridized carbons (Fsp3) is 0.515. The van der Waals surface area contributed by atoms with E-state index in [0.717, 1.165) is 24.0 Å². The van der Waals surface area contributed by atoms with Crippen LogP contribution in [0.4, 0.5) is 0 Å². The summed E-state index contributed by atoms with van der Waals surface area (Å²) in [6.07, 6.45) is 7.50. The van der Waals surface area contributed by atoms with Crippen LogP contribution in [-0.2, 0) is 20.8 Å². The number of allylic oxidation sites excluding steroid dienone is 2. The van der Waals surface area contributed by atoms with Crippen molar-refractivity contribution in [2.45, 2.75) is 96.6 Å². The molecule has 0 spiro atoms. The van der Waals surface area contributed by atoms with Gasteiger partial charge < -0.3 is 5.11 Å². The van der Waals surface area contributed by atoms with Gasteiger partial charge in [-0.25, -0.2) is 8.42 Å². The molecule has 3 aromatic rings. The van der Waals surface area contributed by atoms with Crippen LogP contribution in [0.25, 0.3) is 11.0 Å². The Kier molecular flexibility index (Phi) is 7.98. The van der Waals surface area contributed by atoms with Crippen molar-refractivity contribution in [3.8, 4) is 0 Å². The molecule has 1 aromatic heterocycles. The number of aliphatic hydroxyl groups excluding tert-OH is 1. The molecule has 1 unspecified atom stereocenters. The van der Waals surface area contributed by atoms with Crippen molar-refractivity contribution in [1.82, 2.24) is 15.0 Å². The Labute approximate surface area is 240 Å². The molecule has 40 heavy (non-hydrogen) atoms. The Balaban J connectivity index is 1.96. The largest absolute Gasteiger partial charge is 0.386 e. The summed E-state index contributed by atoms with van der Waals surface area (Å²) in [5, 5.41) is 21.7. The molecule has 4 rings (SSSR count). The van der Waals surface area contributed by atoms with E-state index in [0.29, 0.717) is 17.5 Å². The monoisotopic (exact) mass is 563 g/mol. The van der Waals surface area contributed by atoms with Crippen molar-refractivity contribution in [2.24, 2.45) is 10.8 Å². The normalized spacial score (nSPS) is 20.6. The third-order valence-corrected chi connectivity index (χ3v) is 10.1. The maximum absolute atomic E-state index is 13.0. The van der Waals surface area contributed by atoms with Crippen molar-refractivity contribution in [3.63, 3.8) is 0 Å². The Bertz CT molecular complexity index is 1530. The van der Waals surface area contributed by atoms with Gasteiger partial charge in [0.25, 0.3) is 0 Å². The Morgan fingerprint density at radius 1 is 0.950 bits per heavy atom. The first kappa shape index (κ1) is 30.2. The van der Waals surface area contributed by atoms with Gasteiger partial charge in [0, 0.05) is 5.41 Å². The van der Waals surface area contributed by atoms with E-state index in [1.165, 1.54) is 0 Å². The van der Waals surface area contributed by atoms with Crippen molar-refractivity contribution in [1.29, 1.82) is 0 Å². The van der Waals surface area contributed by atoms with E-state index in [1.54, 1.807) is 23.0 Å². The highest BCUT2D eigenvalue weighted by molar-refractivity contribution is 7.91. The number of unbranched alkanes of at least 4 members (excludes halogenated alkanes) is 1. The van der Waals surface area contributed by atoms with Gasteiger partial charge in [0.1, 0.15) is 22.7 Å². The first-order chi connectivity index (χ1) is 18.5. The number of hydrogen-bond donors (Lipinski definition) is 1. The molecule has 7 heteroatoms. The van der Waals surface area contributed by atoms with E-state index >= 15 is 0 Å². The summed E-state index contributed by atoms with van der Waals surface area (Å²) in [7, 11) is -3.42. The molecule has 216 valence electrons. The lowest BCUT2D eigenvalue weighted by atomic mass is 9.60. The molecule has 0 fully saturated rings. The number of aliphatic hydroxyl groups is 1. The topological polar surface area (TPSA) is 85.1 Å². The third-order valence-electron chi connectivity index (χ3n) is 8.34. The zero-order valence-corrected chi connectivity index (χ0v) is 26.1. The average Bonchev–Trinajstić information content (AvgIpc) is 3.30. The molecule has 6 nitrogen and oxygen atoms in total. The first-order valence-electron chi connectivity index (χ1n) is 14.3. The molecular formula is C33H45N3O3S. The molecular weight excluding hydrogens is 518 g/mol. The number of aromatic nitrogens is 3. The second kappa shape index (κ2) is 10.6. The van der Waals surface area contributed by atoms with Crippen LogP contribution in [-0.4, -0.2) is 40.4 Å². The smallest absolute Gasteiger partial charge is 0.178 e. The van der Waals surface area contributed by atoms with E-state index in [1.807, 2.05) is 37.3 Å². The van der Waals surface area contributed by atoms with Gasteiger partial charge >= 0.3 is 0 Å². The molecule has 0 bridgehead atoms. The van der Waals surface area contributed by atoms with Crippen LogP contribution in [0.1, 0.15) is 80.2 Å². The number of hydrogen-bond acceptors (Lipinski definition) is 5. The van der Waals surface area contributed by atoms with Crippen LogP contribution in [0.3, 0.4) is 0 Å². The lowest BCUT2D eigenvalue weighted by molar-refractivity contribution is 0.0274. The van der Waals surface area contributed by atoms with Gasteiger partial charge in [0.2, 0.25) is 0 Å². The minimum Gasteiger partial charge on any atom is -0.386 e. The molecule has 1 heterocycles. The van der Waals surface area contributed by atoms with Gasteiger partial charge in [-0.1, -0.05) is 104 Å². The summed E-state index contributed by atoms with van der Waals surface area (Å²) < 4.78 is 25.9. The van der Waals surface area contributed by atoms with Crippen molar-refractivity contribution < 1.29 is 13.5 Å². The molecule has 0 saturated carbocycles. The molecule has 2 atom stereocenters. The second-order valence-electron chi connectivity index (χ2n) is 13.7. The fourth-order valence-electron chi connectivity index (χ4n) is 6.33. The van der Waals surface area contributed by atoms with Crippen molar-refractivity contribution in [2.75, 3.05) is 5.75 Å². The molecule has 0 amide bonds. The van der Waals surface area contributed by atoms with E-state index in [4.69, 9.17) is 10.2 Å². The number of sulfone groups is 1. The zero-order chi connectivity index (χ0) is 29.6. The van der Waals surface area contributed by atoms with E-state index in [-0.39, 0.29) is 21.5 Å². The molecule has 2 aromatic carbocycles. The summed E-state index contributed by atoms with van der Waals surface area (Å²) in [6, 6.07) is 15.1. The van der Waals surface area contributed by atoms with Crippen LogP contribution in [0.15, 0.2) is 77.2 Å². The summed E-state index contributed by atoms with van der Waals surface area (Å²) in [4.78, 5) is 1.89. The second-order valence-corrected chi connectivity index (χ2v) is 15.8. The maximum Gasteiger partial charge on any atom is 0.178 e. The van der Waals surface area contributed by atoms with E-state index < -0.39 is 26.9 Å². The van der Waals surface area contributed by atoms with Gasteiger partial charge in [-0.3, -0.25) is 0 Å². The zero-order valence-electron chi connectivity index (χ0n) is 25.3. The molecule has 0 aliphatic heterocycles. The maximum atomic E-state index is 13.0. The van der Waals surface area contributed by atoms with E-state index in [9.17, 15) is 13.5 Å². The Hall–Kier alpha value is -2.77. The summed E-state index contributed by atoms with van der Waals surface area (Å²) in [6.45, 7) is 17.4. The molecule has 1 N–H and O–H groups in total. The minimum absolute atomic E-state index is 0.101. The predicted octanol–water partition coefficient (Wildman–Crippen LogP) is 7.00. The molecule has 0 radical (unpaired) electrons. The van der Waals surface area contributed by atoms with Crippen LogP contribution >= 0.6 is 0 Å². The quantitative estimate of drug-likeness (QED) is 0.303. The summed E-state index contributed by atoms with van der Waals surface area (Å²) in [5.74, 6) is 0.104. The number of rotatable bonds is 9. The summed E-state index contributed by atoms with van der Waals surface area (Å²) >= 11 is 0. The molecule has 0 saturated heterocycles. The third kappa shape index (κ3) is 5.55. The van der Waals surface area contributed by atoms with E-state index in [2.05, 4.69) is 66.7 Å². The standard InChI is InChI=1S/C33H45N3O3S/c1-9-10-20-40(38,39)26-17-18-27-28(21-26)35-36(34-27)33(32(7,8)24-14-12-11-13-15-24)22-25(16-19-29(33)37)31(5,6)23-30(2,3)4/h11-19,21-22,29,37H,9-10,20,23H2,1-8H3/t29?,33-/m0/s1. The van der Waals surface area contributed by atoms with Gasteiger partial charge in [-0.05, 0) is 59.1 Å². The lowest BCUT2D eigenvalue weighted by Crippen LogP contribution is -2.58. The molecule has 1 aliphatic rings. The van der Waals surface area contributed by atoms with Crippen LogP contribution < -0.4 is 0 Å². The highest BCUT2D eigenvalue weighted by Gasteiger charge is 2.54. The Morgan fingerprint density at radius 3 is 2.23 bits per heavy atom. The first-order valence-corrected chi connectivity index (χ1v) is 15.9. The van der Waals surface area contributed by atoms with Gasteiger partial charge in [-0.15, -0.1) is 0 Å². The predicted molar refractivity (Wildman–Crippen MR) is 163 cm³/mol. The van der Waals surface area contributed by atoms with Crippen LogP contribution in [0.2, 0.25) is 0 Å². The average molecular weight is 564 g/mol. The SMILES string of the molecule is CCCCS(=O)(=O)c1ccc2nn([C@@]3(C(C)(C)c4ccccc4)C=C(C(C)(C)CC(C)(C)C)C=CC3O)nc2c1. The Morgan fingerprint density at radius 2 is 1.60 bits per heavy atom. The minimum atomic E-state index is -3.42. The summed E-state index contributed by atoms with van der Waals surface area (Å²) in [5.41, 5.74) is 1.43. The van der Waals surface area contributed by atoms with Crippen molar-refractivity contribution >= 4 is 20.9 Å².